The van der Waals surface area contributed by atoms with Crippen molar-refractivity contribution >= 4 is 28.5 Å². The van der Waals surface area contributed by atoms with E-state index < -0.39 is 23.4 Å². The number of carbonyl (C=O) groups is 3. The Bertz CT molecular complexity index is 995. The van der Waals surface area contributed by atoms with Crippen LogP contribution < -0.4 is 0 Å². The number of halogens is 2. The zero-order valence-corrected chi connectivity index (χ0v) is 14.3. The van der Waals surface area contributed by atoms with E-state index in [9.17, 15) is 23.2 Å². The van der Waals surface area contributed by atoms with Gasteiger partial charge in [0.1, 0.15) is 5.82 Å². The molecular weight excluding hydrogens is 358 g/mol. The van der Waals surface area contributed by atoms with E-state index in [2.05, 4.69) is 4.74 Å². The molecule has 138 valence electrons. The second-order valence-electron chi connectivity index (χ2n) is 5.80. The molecule has 1 heterocycles. The summed E-state index contributed by atoms with van der Waals surface area (Å²) in [5.41, 5.74) is 0.302. The highest BCUT2D eigenvalue weighted by Crippen LogP contribution is 2.26. The summed E-state index contributed by atoms with van der Waals surface area (Å²) in [7, 11) is 1.25. The molecule has 0 fully saturated rings. The number of benzene rings is 2. The Balaban J connectivity index is 1.68. The smallest absolute Gasteiger partial charge is 0.337 e. The van der Waals surface area contributed by atoms with Gasteiger partial charge in [0.25, 0.3) is 0 Å². The van der Waals surface area contributed by atoms with Crippen molar-refractivity contribution in [3.63, 3.8) is 0 Å². The maximum absolute atomic E-state index is 13.7. The van der Waals surface area contributed by atoms with Gasteiger partial charge in [0.05, 0.1) is 18.1 Å². The van der Waals surface area contributed by atoms with Crippen LogP contribution in [0.1, 0.15) is 44.1 Å². The Kier molecular flexibility index (Phi) is 5.12. The number of fused-ring (bicyclic) bond motifs is 1. The van der Waals surface area contributed by atoms with Crippen LogP contribution in [0.3, 0.4) is 0 Å². The molecule has 0 radical (unpaired) electrons. The van der Waals surface area contributed by atoms with Gasteiger partial charge in [-0.15, -0.1) is 0 Å². The Morgan fingerprint density at radius 1 is 0.889 bits per heavy atom. The molecule has 2 aromatic carbocycles. The van der Waals surface area contributed by atoms with Crippen molar-refractivity contribution in [3.05, 3.63) is 71.0 Å². The van der Waals surface area contributed by atoms with Crippen LogP contribution >= 0.6 is 0 Å². The van der Waals surface area contributed by atoms with Gasteiger partial charge in [-0.3, -0.25) is 9.59 Å². The molecule has 0 N–H and O–H groups in total. The lowest BCUT2D eigenvalue weighted by molar-refractivity contribution is 0.0600. The molecule has 0 aliphatic rings. The number of hydrogen-bond acceptors (Lipinski definition) is 5. The van der Waals surface area contributed by atoms with Crippen molar-refractivity contribution in [2.45, 2.75) is 12.8 Å². The first-order valence-corrected chi connectivity index (χ1v) is 8.03. The fourth-order valence-corrected chi connectivity index (χ4v) is 2.60. The summed E-state index contributed by atoms with van der Waals surface area (Å²) >= 11 is 0. The van der Waals surface area contributed by atoms with Crippen molar-refractivity contribution in [2.75, 3.05) is 7.11 Å². The summed E-state index contributed by atoms with van der Waals surface area (Å²) in [6, 6.07) is 8.82. The lowest BCUT2D eigenvalue weighted by Crippen LogP contribution is -2.06. The molecule has 5 nitrogen and oxygen atoms in total. The fraction of sp³-hybridized carbons (Fsp3) is 0.150. The normalized spacial score (nSPS) is 10.8. The molecule has 3 aromatic rings. The number of rotatable bonds is 6. The third kappa shape index (κ3) is 3.76. The molecule has 1 aromatic heterocycles. The van der Waals surface area contributed by atoms with Crippen LogP contribution in [0.25, 0.3) is 11.0 Å². The molecule has 0 aliphatic heterocycles. The van der Waals surface area contributed by atoms with Crippen LogP contribution in [0, 0.1) is 11.6 Å². The topological polar surface area (TPSA) is 73.6 Å². The zero-order chi connectivity index (χ0) is 19.6. The number of hydrogen-bond donors (Lipinski definition) is 0. The molecule has 0 saturated heterocycles. The van der Waals surface area contributed by atoms with Crippen molar-refractivity contribution in [3.8, 4) is 0 Å². The van der Waals surface area contributed by atoms with Gasteiger partial charge in [-0.2, -0.15) is 0 Å². The fourth-order valence-electron chi connectivity index (χ4n) is 2.60. The first-order chi connectivity index (χ1) is 12.9. The lowest BCUT2D eigenvalue weighted by atomic mass is 10.0. The van der Waals surface area contributed by atoms with Gasteiger partial charge in [-0.25, -0.2) is 13.6 Å². The van der Waals surface area contributed by atoms with Crippen molar-refractivity contribution in [1.82, 2.24) is 0 Å². The van der Waals surface area contributed by atoms with Gasteiger partial charge in [0.2, 0.25) is 0 Å². The first-order valence-electron chi connectivity index (χ1n) is 8.03. The highest BCUT2D eigenvalue weighted by molar-refractivity contribution is 6.03. The van der Waals surface area contributed by atoms with Gasteiger partial charge in [-0.05, 0) is 30.3 Å². The van der Waals surface area contributed by atoms with E-state index in [1.807, 2.05) is 0 Å². The minimum Gasteiger partial charge on any atom is -0.465 e. The Morgan fingerprint density at radius 3 is 2.11 bits per heavy atom. The average Bonchev–Trinajstić information content (AvgIpc) is 3.15. The van der Waals surface area contributed by atoms with Crippen LogP contribution in [-0.4, -0.2) is 24.6 Å². The maximum atomic E-state index is 13.7. The number of carbonyl (C=O) groups excluding carboxylic acids is 3. The van der Waals surface area contributed by atoms with E-state index >= 15 is 0 Å². The summed E-state index contributed by atoms with van der Waals surface area (Å²) in [4.78, 5) is 35.8. The first kappa shape index (κ1) is 18.4. The van der Waals surface area contributed by atoms with Gasteiger partial charge >= 0.3 is 5.97 Å². The van der Waals surface area contributed by atoms with Crippen molar-refractivity contribution < 1.29 is 32.3 Å². The molecule has 0 saturated carbocycles. The monoisotopic (exact) mass is 372 g/mol. The Hall–Kier alpha value is -3.35. The molecule has 0 amide bonds. The van der Waals surface area contributed by atoms with E-state index in [1.165, 1.54) is 31.4 Å². The predicted molar refractivity (Wildman–Crippen MR) is 91.8 cm³/mol. The molecule has 27 heavy (non-hydrogen) atoms. The molecule has 3 rings (SSSR count). The molecule has 0 bridgehead atoms. The zero-order valence-electron chi connectivity index (χ0n) is 14.3. The summed E-state index contributed by atoms with van der Waals surface area (Å²) in [5, 5.41) is -0.122. The third-order valence-corrected chi connectivity index (χ3v) is 4.06. The van der Waals surface area contributed by atoms with E-state index in [-0.39, 0.29) is 35.4 Å². The highest BCUT2D eigenvalue weighted by Gasteiger charge is 2.18. The number of Topliss-reactive ketones (excluding diaryl/α,β-unsaturated/α-hetero) is 2. The second-order valence-corrected chi connectivity index (χ2v) is 5.80. The van der Waals surface area contributed by atoms with Gasteiger partial charge < -0.3 is 9.15 Å². The maximum Gasteiger partial charge on any atom is 0.337 e. The molecule has 7 heteroatoms. The lowest BCUT2D eigenvalue weighted by Gasteiger charge is -2.02. The summed E-state index contributed by atoms with van der Waals surface area (Å²) in [5.74, 6) is -3.04. The quantitative estimate of drug-likeness (QED) is 0.475. The molecular formula is C20H14F2O5. The number of esters is 1. The van der Waals surface area contributed by atoms with Crippen LogP contribution in [0.5, 0.6) is 0 Å². The van der Waals surface area contributed by atoms with Crippen LogP contribution in [0.15, 0.2) is 46.9 Å². The van der Waals surface area contributed by atoms with Gasteiger partial charge in [0.15, 0.2) is 28.7 Å². The standard InChI is InChI=1S/C20H14F2O5/c1-26-20(25)12-4-2-11(3-5-12)16(23)8-9-17(24)18-10-13-14(21)6-7-15(22)19(13)27-18/h2-7,10H,8-9H2,1H3. The average molecular weight is 372 g/mol. The molecule has 0 spiro atoms. The highest BCUT2D eigenvalue weighted by atomic mass is 19.1. The number of ketones is 2. The largest absolute Gasteiger partial charge is 0.465 e. The van der Waals surface area contributed by atoms with E-state index in [4.69, 9.17) is 4.42 Å². The van der Waals surface area contributed by atoms with Crippen molar-refractivity contribution in [1.29, 1.82) is 0 Å². The molecule has 0 aliphatic carbocycles. The van der Waals surface area contributed by atoms with E-state index in [1.54, 1.807) is 0 Å². The summed E-state index contributed by atoms with van der Waals surface area (Å²) in [6.45, 7) is 0. The second kappa shape index (κ2) is 7.49. The van der Waals surface area contributed by atoms with Crippen LogP contribution in [0.4, 0.5) is 8.78 Å². The summed E-state index contributed by atoms with van der Waals surface area (Å²) < 4.78 is 37.0. The molecule has 0 unspecified atom stereocenters. The Morgan fingerprint density at radius 2 is 1.48 bits per heavy atom. The number of furan rings is 1. The number of methoxy groups -OCH3 is 1. The van der Waals surface area contributed by atoms with E-state index in [0.717, 1.165) is 18.2 Å². The van der Waals surface area contributed by atoms with Gasteiger partial charge in [-0.1, -0.05) is 12.1 Å². The van der Waals surface area contributed by atoms with Crippen LogP contribution in [-0.2, 0) is 4.74 Å². The minimum atomic E-state index is -0.771. The number of ether oxygens (including phenoxy) is 1. The molecule has 0 atom stereocenters. The van der Waals surface area contributed by atoms with Crippen LogP contribution in [0.2, 0.25) is 0 Å². The minimum absolute atomic E-state index is 0.113. The van der Waals surface area contributed by atoms with E-state index in [0.29, 0.717) is 11.1 Å². The SMILES string of the molecule is COC(=O)c1ccc(C(=O)CCC(=O)c2cc3c(F)ccc(F)c3o2)cc1. The third-order valence-electron chi connectivity index (χ3n) is 4.06. The van der Waals surface area contributed by atoms with Gasteiger partial charge in [0, 0.05) is 18.4 Å². The van der Waals surface area contributed by atoms with Crippen molar-refractivity contribution in [2.24, 2.45) is 0 Å². The predicted octanol–water partition coefficient (Wildman–Crippen LogP) is 4.34. The Labute approximate surface area is 152 Å². The summed E-state index contributed by atoms with van der Waals surface area (Å²) in [6.07, 6.45) is -0.293.